The van der Waals surface area contributed by atoms with E-state index in [-0.39, 0.29) is 5.54 Å². The van der Waals surface area contributed by atoms with Crippen LogP contribution < -0.4 is 4.90 Å². The molecule has 0 unspecified atom stereocenters. The minimum atomic E-state index is -4.31. The van der Waals surface area contributed by atoms with Crippen LogP contribution in [0.5, 0.6) is 0 Å². The molecular weight excluding hydrogens is 303 g/mol. The number of anilines is 1. The third kappa shape index (κ3) is 3.87. The molecule has 1 aliphatic rings. The number of alkyl halides is 3. The molecule has 21 heavy (non-hydrogen) atoms. The van der Waals surface area contributed by atoms with Crippen LogP contribution in [0, 0.1) is 0 Å². The number of methoxy groups -OCH3 is 1. The second-order valence-electron chi connectivity index (χ2n) is 5.72. The smallest absolute Gasteiger partial charge is 0.383 e. The van der Waals surface area contributed by atoms with Crippen molar-refractivity contribution in [2.24, 2.45) is 0 Å². The zero-order valence-electron chi connectivity index (χ0n) is 12.4. The summed E-state index contributed by atoms with van der Waals surface area (Å²) in [7, 11) is 1.67. The van der Waals surface area contributed by atoms with Gasteiger partial charge < -0.3 is 9.64 Å². The maximum atomic E-state index is 12.6. The van der Waals surface area contributed by atoms with Gasteiger partial charge in [0.05, 0.1) is 12.8 Å². The lowest BCUT2D eigenvalue weighted by Crippen LogP contribution is -2.56. The van der Waals surface area contributed by atoms with Gasteiger partial charge in [-0.15, -0.1) is 0 Å². The van der Waals surface area contributed by atoms with Crippen molar-refractivity contribution in [2.75, 3.05) is 44.8 Å². The zero-order chi connectivity index (χ0) is 15.7. The number of aromatic nitrogens is 1. The number of rotatable bonds is 4. The van der Waals surface area contributed by atoms with Crippen LogP contribution in [0.1, 0.15) is 18.7 Å². The monoisotopic (exact) mass is 323 g/mol. The van der Waals surface area contributed by atoms with E-state index in [0.29, 0.717) is 36.2 Å². The van der Waals surface area contributed by atoms with Gasteiger partial charge in [-0.1, -0.05) is 11.3 Å². The molecule has 0 atom stereocenters. The number of hydrogen-bond acceptors (Lipinski definition) is 5. The quantitative estimate of drug-likeness (QED) is 0.852. The molecule has 1 fully saturated rings. The summed E-state index contributed by atoms with van der Waals surface area (Å²) in [5.74, 6) is 0. The molecule has 0 bridgehead atoms. The fourth-order valence-electron chi connectivity index (χ4n) is 2.49. The van der Waals surface area contributed by atoms with Crippen LogP contribution in [0.3, 0.4) is 0 Å². The molecule has 120 valence electrons. The van der Waals surface area contributed by atoms with Crippen molar-refractivity contribution >= 4 is 16.5 Å². The second-order valence-corrected chi connectivity index (χ2v) is 6.73. The number of ether oxygens (including phenoxy) is 1. The molecule has 0 amide bonds. The Morgan fingerprint density at radius 2 is 1.86 bits per heavy atom. The molecular formula is C13H20F3N3OS. The van der Waals surface area contributed by atoms with E-state index in [1.807, 2.05) is 4.90 Å². The van der Waals surface area contributed by atoms with Gasteiger partial charge in [-0.25, -0.2) is 4.98 Å². The van der Waals surface area contributed by atoms with E-state index in [4.69, 9.17) is 4.74 Å². The number of piperazine rings is 1. The molecule has 1 aromatic heterocycles. The van der Waals surface area contributed by atoms with Crippen LogP contribution in [-0.2, 0) is 10.9 Å². The van der Waals surface area contributed by atoms with Gasteiger partial charge in [0, 0.05) is 38.8 Å². The summed E-state index contributed by atoms with van der Waals surface area (Å²) in [4.78, 5) is 7.48. The molecule has 0 radical (unpaired) electrons. The van der Waals surface area contributed by atoms with Crippen molar-refractivity contribution in [3.8, 4) is 0 Å². The first-order chi connectivity index (χ1) is 9.74. The Hall–Kier alpha value is -0.860. The van der Waals surface area contributed by atoms with E-state index in [0.717, 1.165) is 19.3 Å². The highest BCUT2D eigenvalue weighted by Crippen LogP contribution is 2.36. The average Bonchev–Trinajstić information content (AvgIpc) is 2.88. The summed E-state index contributed by atoms with van der Waals surface area (Å²) in [5.41, 5.74) is -0.0686. The van der Waals surface area contributed by atoms with Gasteiger partial charge >= 0.3 is 6.18 Å². The van der Waals surface area contributed by atoms with Gasteiger partial charge in [0.1, 0.15) is 4.88 Å². The minimum Gasteiger partial charge on any atom is -0.383 e. The molecule has 0 aromatic carbocycles. The number of hydrogen-bond donors (Lipinski definition) is 0. The summed E-state index contributed by atoms with van der Waals surface area (Å²) in [6.07, 6.45) is -3.39. The van der Waals surface area contributed by atoms with E-state index < -0.39 is 11.1 Å². The van der Waals surface area contributed by atoms with E-state index >= 15 is 0 Å². The highest BCUT2D eigenvalue weighted by Gasteiger charge is 2.35. The molecule has 1 aliphatic heterocycles. The highest BCUT2D eigenvalue weighted by atomic mass is 32.1. The molecule has 4 nitrogen and oxygen atoms in total. The third-order valence-electron chi connectivity index (χ3n) is 3.68. The van der Waals surface area contributed by atoms with Crippen molar-refractivity contribution < 1.29 is 17.9 Å². The first-order valence-corrected chi connectivity index (χ1v) is 7.57. The Morgan fingerprint density at radius 1 is 1.24 bits per heavy atom. The van der Waals surface area contributed by atoms with Crippen molar-refractivity contribution in [2.45, 2.75) is 25.6 Å². The molecule has 2 rings (SSSR count). The molecule has 1 aromatic rings. The van der Waals surface area contributed by atoms with Crippen LogP contribution in [0.25, 0.3) is 0 Å². The average molecular weight is 323 g/mol. The topological polar surface area (TPSA) is 28.6 Å². The van der Waals surface area contributed by atoms with Gasteiger partial charge in [0.15, 0.2) is 5.13 Å². The lowest BCUT2D eigenvalue weighted by molar-refractivity contribution is -0.134. The van der Waals surface area contributed by atoms with E-state index in [1.54, 1.807) is 7.11 Å². The molecule has 0 aliphatic carbocycles. The summed E-state index contributed by atoms with van der Waals surface area (Å²) in [6.45, 7) is 7.78. The van der Waals surface area contributed by atoms with Crippen molar-refractivity contribution in [1.29, 1.82) is 0 Å². The standard InChI is InChI=1S/C13H20F3N3OS/c1-12(2,9-20-3)19-6-4-18(5-7-19)11-17-8-10(21-11)13(14,15)16/h8H,4-7,9H2,1-3H3. The lowest BCUT2D eigenvalue weighted by Gasteiger charge is -2.43. The molecule has 1 saturated heterocycles. The van der Waals surface area contributed by atoms with Gasteiger partial charge in [0.25, 0.3) is 0 Å². The summed E-state index contributed by atoms with van der Waals surface area (Å²) >= 11 is 0.712. The Labute approximate surface area is 126 Å². The van der Waals surface area contributed by atoms with Crippen LogP contribution in [0.4, 0.5) is 18.3 Å². The normalized spacial score (nSPS) is 18.3. The number of halogens is 3. The predicted octanol–water partition coefficient (Wildman–Crippen LogP) is 2.71. The Morgan fingerprint density at radius 3 is 2.33 bits per heavy atom. The van der Waals surface area contributed by atoms with Crippen molar-refractivity contribution in [3.63, 3.8) is 0 Å². The first kappa shape index (κ1) is 16.5. The molecule has 2 heterocycles. The van der Waals surface area contributed by atoms with Gasteiger partial charge in [-0.05, 0) is 13.8 Å². The van der Waals surface area contributed by atoms with Crippen LogP contribution in [0.2, 0.25) is 0 Å². The van der Waals surface area contributed by atoms with Gasteiger partial charge in [-0.3, -0.25) is 4.90 Å². The van der Waals surface area contributed by atoms with Crippen molar-refractivity contribution in [3.05, 3.63) is 11.1 Å². The Kier molecular flexibility index (Phi) is 4.79. The molecule has 0 spiro atoms. The highest BCUT2D eigenvalue weighted by molar-refractivity contribution is 7.15. The number of thiazole rings is 1. The number of nitrogens with zero attached hydrogens (tertiary/aromatic N) is 3. The SMILES string of the molecule is COCC(C)(C)N1CCN(c2ncc(C(F)(F)F)s2)CC1. The first-order valence-electron chi connectivity index (χ1n) is 6.76. The maximum absolute atomic E-state index is 12.6. The summed E-state index contributed by atoms with van der Waals surface area (Å²) in [5, 5.41) is 0.450. The minimum absolute atomic E-state index is 0.0686. The summed E-state index contributed by atoms with van der Waals surface area (Å²) < 4.78 is 43.0. The van der Waals surface area contributed by atoms with E-state index in [1.165, 1.54) is 0 Å². The van der Waals surface area contributed by atoms with Crippen LogP contribution in [-0.4, -0.2) is 55.3 Å². The molecule has 0 saturated carbocycles. The fraction of sp³-hybridized carbons (Fsp3) is 0.769. The fourth-order valence-corrected chi connectivity index (χ4v) is 3.32. The second kappa shape index (κ2) is 6.10. The third-order valence-corrected chi connectivity index (χ3v) is 4.78. The van der Waals surface area contributed by atoms with Crippen LogP contribution in [0.15, 0.2) is 6.20 Å². The predicted molar refractivity (Wildman–Crippen MR) is 76.9 cm³/mol. The zero-order valence-corrected chi connectivity index (χ0v) is 13.2. The Bertz CT molecular complexity index is 467. The maximum Gasteiger partial charge on any atom is 0.427 e. The largest absolute Gasteiger partial charge is 0.427 e. The molecule has 8 heteroatoms. The lowest BCUT2D eigenvalue weighted by atomic mass is 10.0. The summed E-state index contributed by atoms with van der Waals surface area (Å²) in [6, 6.07) is 0. The molecule has 0 N–H and O–H groups in total. The van der Waals surface area contributed by atoms with Gasteiger partial charge in [-0.2, -0.15) is 13.2 Å². The van der Waals surface area contributed by atoms with E-state index in [2.05, 4.69) is 23.7 Å². The van der Waals surface area contributed by atoms with Crippen molar-refractivity contribution in [1.82, 2.24) is 9.88 Å². The Balaban J connectivity index is 1.97. The van der Waals surface area contributed by atoms with E-state index in [9.17, 15) is 13.2 Å². The van der Waals surface area contributed by atoms with Gasteiger partial charge in [0.2, 0.25) is 0 Å². The van der Waals surface area contributed by atoms with Crippen LogP contribution >= 0.6 is 11.3 Å².